The van der Waals surface area contributed by atoms with Crippen LogP contribution in [0.4, 0.5) is 0 Å². The Balaban J connectivity index is 1.93. The minimum absolute atomic E-state index is 0.0914. The van der Waals surface area contributed by atoms with Crippen LogP contribution in [0.3, 0.4) is 0 Å². The van der Waals surface area contributed by atoms with E-state index in [9.17, 15) is 15.0 Å². The Kier molecular flexibility index (Phi) is 5.27. The van der Waals surface area contributed by atoms with Crippen LogP contribution in [0.2, 0.25) is 0 Å². The number of ether oxygens (including phenoxy) is 2. The van der Waals surface area contributed by atoms with Crippen LogP contribution in [0.15, 0.2) is 30.3 Å². The summed E-state index contributed by atoms with van der Waals surface area (Å²) in [5.74, 6) is 0.272. The van der Waals surface area contributed by atoms with Gasteiger partial charge in [0.25, 0.3) is 0 Å². The molecule has 0 bridgehead atoms. The van der Waals surface area contributed by atoms with Crippen molar-refractivity contribution in [3.8, 4) is 0 Å². The summed E-state index contributed by atoms with van der Waals surface area (Å²) in [7, 11) is 0. The van der Waals surface area contributed by atoms with Crippen molar-refractivity contribution in [2.24, 2.45) is 0 Å². The molecule has 1 saturated heterocycles. The second-order valence-electron chi connectivity index (χ2n) is 5.01. The minimum atomic E-state index is -1.07. The maximum Gasteiger partial charge on any atom is 0.338 e. The molecule has 1 aromatic carbocycles. The van der Waals surface area contributed by atoms with E-state index in [0.29, 0.717) is 5.56 Å². The second-order valence-corrected chi connectivity index (χ2v) is 6.68. The van der Waals surface area contributed by atoms with Gasteiger partial charge in [0, 0.05) is 0 Å². The number of carbonyl (C=O) groups is 1. The molecule has 116 valence electrons. The van der Waals surface area contributed by atoms with Crippen molar-refractivity contribution in [1.82, 2.24) is 0 Å². The standard InChI is InChI=1S/C15H20O5S/c1-3-21-15(2)13(17)12(16)11(20-15)9-19-14(18)10-7-5-4-6-8-10/h4-8,11-13,16-17H,3,9H2,1-2H3/t11-,12-,13-,15+/m1/s1. The van der Waals surface area contributed by atoms with E-state index in [0.717, 1.165) is 5.75 Å². The van der Waals surface area contributed by atoms with Gasteiger partial charge in [0.15, 0.2) is 0 Å². The monoisotopic (exact) mass is 312 g/mol. The van der Waals surface area contributed by atoms with Gasteiger partial charge in [0.2, 0.25) is 0 Å². The number of aliphatic hydroxyl groups excluding tert-OH is 2. The zero-order valence-corrected chi connectivity index (χ0v) is 12.9. The highest BCUT2D eigenvalue weighted by atomic mass is 32.2. The highest BCUT2D eigenvalue weighted by Gasteiger charge is 2.51. The number of hydrogen-bond donors (Lipinski definition) is 2. The first-order chi connectivity index (χ1) is 9.98. The molecule has 2 N–H and O–H groups in total. The summed E-state index contributed by atoms with van der Waals surface area (Å²) in [4.78, 5) is 11.0. The number of benzene rings is 1. The van der Waals surface area contributed by atoms with Crippen LogP contribution in [0.1, 0.15) is 24.2 Å². The van der Waals surface area contributed by atoms with Crippen LogP contribution in [0.5, 0.6) is 0 Å². The van der Waals surface area contributed by atoms with Gasteiger partial charge >= 0.3 is 5.97 Å². The van der Waals surface area contributed by atoms with E-state index in [1.807, 2.05) is 13.0 Å². The van der Waals surface area contributed by atoms with Gasteiger partial charge in [-0.25, -0.2) is 4.79 Å². The Bertz CT molecular complexity index is 480. The van der Waals surface area contributed by atoms with Crippen molar-refractivity contribution in [2.75, 3.05) is 12.4 Å². The topological polar surface area (TPSA) is 76.0 Å². The van der Waals surface area contributed by atoms with Crippen molar-refractivity contribution < 1.29 is 24.5 Å². The van der Waals surface area contributed by atoms with Crippen LogP contribution >= 0.6 is 11.8 Å². The van der Waals surface area contributed by atoms with Crippen LogP contribution in [0.25, 0.3) is 0 Å². The molecule has 0 aromatic heterocycles. The third kappa shape index (κ3) is 3.58. The van der Waals surface area contributed by atoms with Crippen LogP contribution in [-0.4, -0.2) is 51.8 Å². The van der Waals surface area contributed by atoms with Crippen molar-refractivity contribution >= 4 is 17.7 Å². The molecule has 0 unspecified atom stereocenters. The molecule has 1 aliphatic rings. The first-order valence-electron chi connectivity index (χ1n) is 6.88. The summed E-state index contributed by atoms with van der Waals surface area (Å²) in [6, 6.07) is 8.61. The molecule has 4 atom stereocenters. The summed E-state index contributed by atoms with van der Waals surface area (Å²) < 4.78 is 10.8. The SMILES string of the molecule is CCS[C@]1(C)O[C@H](COC(=O)c2ccccc2)[C@@H](O)[C@H]1O. The molecule has 2 rings (SSSR count). The zero-order valence-electron chi connectivity index (χ0n) is 12.1. The number of rotatable bonds is 5. The molecule has 1 aromatic rings. The molecule has 1 heterocycles. The number of hydrogen-bond acceptors (Lipinski definition) is 6. The van der Waals surface area contributed by atoms with Gasteiger partial charge in [-0.3, -0.25) is 0 Å². The van der Waals surface area contributed by atoms with Gasteiger partial charge in [0.1, 0.15) is 29.9 Å². The summed E-state index contributed by atoms with van der Waals surface area (Å²) >= 11 is 1.41. The molecule has 5 nitrogen and oxygen atoms in total. The lowest BCUT2D eigenvalue weighted by atomic mass is 10.1. The first-order valence-corrected chi connectivity index (χ1v) is 7.86. The van der Waals surface area contributed by atoms with Gasteiger partial charge in [-0.2, -0.15) is 0 Å². The average molecular weight is 312 g/mol. The first kappa shape index (κ1) is 16.3. The Morgan fingerprint density at radius 3 is 2.67 bits per heavy atom. The Labute approximate surface area is 128 Å². The third-order valence-corrected chi connectivity index (χ3v) is 4.65. The molecule has 0 radical (unpaired) electrons. The fraction of sp³-hybridized carbons (Fsp3) is 0.533. The average Bonchev–Trinajstić information content (AvgIpc) is 2.70. The minimum Gasteiger partial charge on any atom is -0.459 e. The van der Waals surface area contributed by atoms with E-state index in [-0.39, 0.29) is 6.61 Å². The third-order valence-electron chi connectivity index (χ3n) is 3.45. The van der Waals surface area contributed by atoms with E-state index in [2.05, 4.69) is 0 Å². The number of aliphatic hydroxyl groups is 2. The lowest BCUT2D eigenvalue weighted by Crippen LogP contribution is -2.38. The molecule has 6 heteroatoms. The van der Waals surface area contributed by atoms with E-state index in [1.165, 1.54) is 11.8 Å². The maximum atomic E-state index is 11.8. The van der Waals surface area contributed by atoms with Gasteiger partial charge < -0.3 is 19.7 Å². The van der Waals surface area contributed by atoms with Gasteiger partial charge in [-0.15, -0.1) is 11.8 Å². The van der Waals surface area contributed by atoms with Crippen LogP contribution in [-0.2, 0) is 9.47 Å². The molecular weight excluding hydrogens is 292 g/mol. The summed E-state index contributed by atoms with van der Waals surface area (Å²) in [5.41, 5.74) is 0.441. The normalized spacial score (nSPS) is 32.1. The number of carbonyl (C=O) groups excluding carboxylic acids is 1. The highest BCUT2D eigenvalue weighted by Crippen LogP contribution is 2.39. The Morgan fingerprint density at radius 2 is 2.05 bits per heavy atom. The molecule has 0 amide bonds. The van der Waals surface area contributed by atoms with Crippen LogP contribution < -0.4 is 0 Å². The molecule has 1 aliphatic heterocycles. The summed E-state index contributed by atoms with van der Waals surface area (Å²) in [6.07, 6.45) is -2.81. The van der Waals surface area contributed by atoms with Crippen molar-refractivity contribution in [1.29, 1.82) is 0 Å². The molecule has 0 aliphatic carbocycles. The van der Waals surface area contributed by atoms with E-state index in [1.54, 1.807) is 31.2 Å². The molecule has 0 spiro atoms. The molecule has 21 heavy (non-hydrogen) atoms. The largest absolute Gasteiger partial charge is 0.459 e. The molecule has 1 fully saturated rings. The maximum absolute atomic E-state index is 11.8. The lowest BCUT2D eigenvalue weighted by Gasteiger charge is -2.26. The molecular formula is C15H20O5S. The second kappa shape index (κ2) is 6.79. The zero-order chi connectivity index (χ0) is 15.5. The van der Waals surface area contributed by atoms with Crippen molar-refractivity contribution in [3.63, 3.8) is 0 Å². The van der Waals surface area contributed by atoms with E-state index < -0.39 is 29.2 Å². The highest BCUT2D eigenvalue weighted by molar-refractivity contribution is 8.00. The Hall–Kier alpha value is -1.08. The number of esters is 1. The number of thioether (sulfide) groups is 1. The van der Waals surface area contributed by atoms with E-state index >= 15 is 0 Å². The van der Waals surface area contributed by atoms with Crippen molar-refractivity contribution in [2.45, 2.75) is 37.1 Å². The van der Waals surface area contributed by atoms with Gasteiger partial charge in [0.05, 0.1) is 5.56 Å². The molecule has 0 saturated carbocycles. The fourth-order valence-electron chi connectivity index (χ4n) is 2.31. The van der Waals surface area contributed by atoms with E-state index in [4.69, 9.17) is 9.47 Å². The summed E-state index contributed by atoms with van der Waals surface area (Å²) in [5, 5.41) is 20.1. The summed E-state index contributed by atoms with van der Waals surface area (Å²) in [6.45, 7) is 3.58. The van der Waals surface area contributed by atoms with Crippen LogP contribution in [0, 0.1) is 0 Å². The Morgan fingerprint density at radius 1 is 1.38 bits per heavy atom. The fourth-order valence-corrected chi connectivity index (χ4v) is 3.38. The van der Waals surface area contributed by atoms with Crippen molar-refractivity contribution in [3.05, 3.63) is 35.9 Å². The predicted molar refractivity (Wildman–Crippen MR) is 80.1 cm³/mol. The lowest BCUT2D eigenvalue weighted by molar-refractivity contribution is -0.0390. The predicted octanol–water partition coefficient (Wildman–Crippen LogP) is 1.43. The smallest absolute Gasteiger partial charge is 0.338 e. The quantitative estimate of drug-likeness (QED) is 0.801. The van der Waals surface area contributed by atoms with Gasteiger partial charge in [-0.1, -0.05) is 25.1 Å². The van der Waals surface area contributed by atoms with Gasteiger partial charge in [-0.05, 0) is 24.8 Å².